The molecule has 0 spiro atoms. The standard InChI is InChI=1S/C12H11ClN2O2/c1-7-6-10(16)14-15-11(7)8-2-4-9(5-3-8)12(13)17/h2-5,7H,6H2,1H3,(H,14,16). The Morgan fingerprint density at radius 2 is 2.06 bits per heavy atom. The van der Waals surface area contributed by atoms with E-state index in [1.165, 1.54) is 0 Å². The molecule has 0 aromatic heterocycles. The number of hydrazone groups is 1. The summed E-state index contributed by atoms with van der Waals surface area (Å²) < 4.78 is 0. The fraction of sp³-hybridized carbons (Fsp3) is 0.250. The number of hydrogen-bond donors (Lipinski definition) is 1. The molecule has 2 rings (SSSR count). The summed E-state index contributed by atoms with van der Waals surface area (Å²) in [5, 5.41) is 3.55. The Balaban J connectivity index is 2.28. The lowest BCUT2D eigenvalue weighted by Gasteiger charge is -2.19. The molecule has 0 aliphatic carbocycles. The average molecular weight is 251 g/mol. The molecule has 0 saturated heterocycles. The number of benzene rings is 1. The summed E-state index contributed by atoms with van der Waals surface area (Å²) in [6.07, 6.45) is 0.426. The van der Waals surface area contributed by atoms with Crippen LogP contribution in [0.1, 0.15) is 29.3 Å². The van der Waals surface area contributed by atoms with E-state index in [0.29, 0.717) is 12.0 Å². The minimum absolute atomic E-state index is 0.0707. The van der Waals surface area contributed by atoms with Crippen molar-refractivity contribution in [1.82, 2.24) is 5.43 Å². The van der Waals surface area contributed by atoms with Crippen molar-refractivity contribution in [2.75, 3.05) is 0 Å². The van der Waals surface area contributed by atoms with Gasteiger partial charge in [-0.15, -0.1) is 0 Å². The zero-order valence-corrected chi connectivity index (χ0v) is 9.99. The molecule has 1 heterocycles. The molecule has 88 valence electrons. The number of carbonyl (C=O) groups excluding carboxylic acids is 2. The lowest BCUT2D eigenvalue weighted by molar-refractivity contribution is -0.121. The predicted octanol–water partition coefficient (Wildman–Crippen LogP) is 1.93. The van der Waals surface area contributed by atoms with E-state index < -0.39 is 5.24 Å². The van der Waals surface area contributed by atoms with Gasteiger partial charge in [0.25, 0.3) is 5.24 Å². The van der Waals surface area contributed by atoms with Gasteiger partial charge in [-0.2, -0.15) is 5.10 Å². The lowest BCUT2D eigenvalue weighted by atomic mass is 9.94. The second kappa shape index (κ2) is 4.67. The molecule has 1 aliphatic heterocycles. The Hall–Kier alpha value is -1.68. The van der Waals surface area contributed by atoms with Crippen LogP contribution >= 0.6 is 11.6 Å². The molecule has 1 atom stereocenters. The molecule has 5 heteroatoms. The number of hydrogen-bond acceptors (Lipinski definition) is 3. The highest BCUT2D eigenvalue weighted by molar-refractivity contribution is 6.67. The van der Waals surface area contributed by atoms with Gasteiger partial charge in [-0.05, 0) is 29.3 Å². The van der Waals surface area contributed by atoms with Gasteiger partial charge in [0.1, 0.15) is 0 Å². The molecule has 1 aliphatic rings. The van der Waals surface area contributed by atoms with Crippen molar-refractivity contribution in [3.8, 4) is 0 Å². The van der Waals surface area contributed by atoms with Gasteiger partial charge in [-0.3, -0.25) is 9.59 Å². The maximum atomic E-state index is 11.1. The van der Waals surface area contributed by atoms with E-state index in [1.54, 1.807) is 24.3 Å². The van der Waals surface area contributed by atoms with Gasteiger partial charge in [0.2, 0.25) is 5.91 Å². The molecule has 1 aromatic rings. The fourth-order valence-electron chi connectivity index (χ4n) is 1.77. The first-order valence-corrected chi connectivity index (χ1v) is 5.62. The van der Waals surface area contributed by atoms with Crippen LogP contribution in [0.3, 0.4) is 0 Å². The minimum Gasteiger partial charge on any atom is -0.276 e. The molecular weight excluding hydrogens is 240 g/mol. The van der Waals surface area contributed by atoms with Crippen LogP contribution in [-0.4, -0.2) is 16.9 Å². The minimum atomic E-state index is -0.483. The van der Waals surface area contributed by atoms with Crippen molar-refractivity contribution in [3.05, 3.63) is 35.4 Å². The fourth-order valence-corrected chi connectivity index (χ4v) is 1.90. The Morgan fingerprint density at radius 1 is 1.41 bits per heavy atom. The van der Waals surface area contributed by atoms with Gasteiger partial charge in [0.15, 0.2) is 0 Å². The van der Waals surface area contributed by atoms with Crippen molar-refractivity contribution < 1.29 is 9.59 Å². The lowest BCUT2D eigenvalue weighted by Crippen LogP contribution is -2.31. The van der Waals surface area contributed by atoms with Gasteiger partial charge in [0, 0.05) is 17.9 Å². The number of nitrogens with one attached hydrogen (secondary N) is 1. The molecule has 0 radical (unpaired) electrons. The Kier molecular flexibility index (Phi) is 3.24. The molecule has 1 aromatic carbocycles. The third-order valence-corrected chi connectivity index (χ3v) is 2.89. The highest BCUT2D eigenvalue weighted by atomic mass is 35.5. The highest BCUT2D eigenvalue weighted by Gasteiger charge is 2.21. The third-order valence-electron chi connectivity index (χ3n) is 2.67. The summed E-state index contributed by atoms with van der Waals surface area (Å²) in [5.74, 6) is -0.00453. The zero-order chi connectivity index (χ0) is 12.4. The van der Waals surface area contributed by atoms with Crippen LogP contribution in [0.25, 0.3) is 0 Å². The second-order valence-corrected chi connectivity index (χ2v) is 4.33. The predicted molar refractivity (Wildman–Crippen MR) is 65.1 cm³/mol. The number of amides is 1. The number of halogens is 1. The van der Waals surface area contributed by atoms with Crippen molar-refractivity contribution >= 4 is 28.5 Å². The monoisotopic (exact) mass is 250 g/mol. The van der Waals surface area contributed by atoms with E-state index in [9.17, 15) is 9.59 Å². The smallest absolute Gasteiger partial charge is 0.252 e. The molecule has 0 bridgehead atoms. The van der Waals surface area contributed by atoms with Crippen molar-refractivity contribution in [2.45, 2.75) is 13.3 Å². The molecule has 17 heavy (non-hydrogen) atoms. The van der Waals surface area contributed by atoms with Gasteiger partial charge in [0.05, 0.1) is 5.71 Å². The summed E-state index contributed by atoms with van der Waals surface area (Å²) >= 11 is 5.36. The van der Waals surface area contributed by atoms with Crippen LogP contribution in [0, 0.1) is 5.92 Å². The Bertz CT molecular complexity index is 494. The maximum absolute atomic E-state index is 11.1. The first-order chi connectivity index (χ1) is 8.08. The van der Waals surface area contributed by atoms with Gasteiger partial charge >= 0.3 is 0 Å². The number of carbonyl (C=O) groups is 2. The van der Waals surface area contributed by atoms with Crippen LogP contribution in [-0.2, 0) is 4.79 Å². The van der Waals surface area contributed by atoms with E-state index in [4.69, 9.17) is 11.6 Å². The average Bonchev–Trinajstić information content (AvgIpc) is 2.29. The summed E-state index contributed by atoms with van der Waals surface area (Å²) in [6.45, 7) is 1.94. The number of nitrogens with zero attached hydrogens (tertiary/aromatic N) is 1. The maximum Gasteiger partial charge on any atom is 0.252 e. The molecule has 0 saturated carbocycles. The summed E-state index contributed by atoms with van der Waals surface area (Å²) in [7, 11) is 0. The Labute approximate surface area is 104 Å². The van der Waals surface area contributed by atoms with Crippen molar-refractivity contribution in [1.29, 1.82) is 0 Å². The van der Waals surface area contributed by atoms with Crippen LogP contribution in [0.2, 0.25) is 0 Å². The summed E-state index contributed by atoms with van der Waals surface area (Å²) in [5.41, 5.74) is 4.61. The van der Waals surface area contributed by atoms with E-state index >= 15 is 0 Å². The first kappa shape index (κ1) is 11.8. The second-order valence-electron chi connectivity index (χ2n) is 3.99. The van der Waals surface area contributed by atoms with Crippen LogP contribution in [0.15, 0.2) is 29.4 Å². The van der Waals surface area contributed by atoms with Crippen molar-refractivity contribution in [3.63, 3.8) is 0 Å². The first-order valence-electron chi connectivity index (χ1n) is 5.24. The topological polar surface area (TPSA) is 58.5 Å². The number of rotatable bonds is 2. The molecule has 0 fully saturated rings. The van der Waals surface area contributed by atoms with Gasteiger partial charge in [-0.25, -0.2) is 5.43 Å². The van der Waals surface area contributed by atoms with Crippen molar-refractivity contribution in [2.24, 2.45) is 11.0 Å². The molecule has 1 N–H and O–H groups in total. The Morgan fingerprint density at radius 3 is 2.59 bits per heavy atom. The quantitative estimate of drug-likeness (QED) is 0.816. The van der Waals surface area contributed by atoms with Crippen LogP contribution < -0.4 is 5.43 Å². The van der Waals surface area contributed by atoms with E-state index in [1.807, 2.05) is 6.92 Å². The zero-order valence-electron chi connectivity index (χ0n) is 9.24. The summed E-state index contributed by atoms with van der Waals surface area (Å²) in [4.78, 5) is 22.0. The molecule has 1 unspecified atom stereocenters. The summed E-state index contributed by atoms with van der Waals surface area (Å²) in [6, 6.07) is 6.86. The normalized spacial score (nSPS) is 19.5. The highest BCUT2D eigenvalue weighted by Crippen LogP contribution is 2.17. The molecule has 4 nitrogen and oxygen atoms in total. The molecular formula is C12H11ClN2O2. The van der Waals surface area contributed by atoms with E-state index in [2.05, 4.69) is 10.5 Å². The molecule has 1 amide bonds. The van der Waals surface area contributed by atoms with Crippen LogP contribution in [0.4, 0.5) is 0 Å². The van der Waals surface area contributed by atoms with Crippen LogP contribution in [0.5, 0.6) is 0 Å². The van der Waals surface area contributed by atoms with Gasteiger partial charge in [-0.1, -0.05) is 19.1 Å². The van der Waals surface area contributed by atoms with Gasteiger partial charge < -0.3 is 0 Å². The van der Waals surface area contributed by atoms with E-state index in [0.717, 1.165) is 11.3 Å². The largest absolute Gasteiger partial charge is 0.276 e. The SMILES string of the molecule is CC1CC(=O)NN=C1c1ccc(C(=O)Cl)cc1. The van der Waals surface area contributed by atoms with E-state index in [-0.39, 0.29) is 11.8 Å². The third kappa shape index (κ3) is 2.53.